The highest BCUT2D eigenvalue weighted by Crippen LogP contribution is 2.20. The number of benzene rings is 2. The number of rotatable bonds is 5. The molecule has 0 bridgehead atoms. The van der Waals surface area contributed by atoms with E-state index in [4.69, 9.17) is 4.74 Å². The minimum absolute atomic E-state index is 0.355. The highest BCUT2D eigenvalue weighted by Gasteiger charge is 2.08. The van der Waals surface area contributed by atoms with Crippen LogP contribution in [0.4, 0.5) is 5.69 Å². The Labute approximate surface area is 165 Å². The number of aryl methyl sites for hydroxylation is 1. The number of halogens is 1. The van der Waals surface area contributed by atoms with Crippen molar-refractivity contribution in [1.29, 1.82) is 0 Å². The third-order valence-corrected chi connectivity index (χ3v) is 4.36. The standard InChI is InChI=1S/C21H17BrN2O3/c1-14-12-17(22)8-9-18(14)24-19(25)13-27-20(26)10-7-16-5-2-4-15-6-3-11-23-21(15)16/h2-12H,13H2,1H3,(H,24,25)/b10-7+. The fourth-order valence-corrected chi connectivity index (χ4v) is 3.03. The Kier molecular flexibility index (Phi) is 5.98. The Hall–Kier alpha value is -2.99. The molecule has 5 nitrogen and oxygen atoms in total. The number of esters is 1. The second-order valence-electron chi connectivity index (χ2n) is 5.87. The molecule has 27 heavy (non-hydrogen) atoms. The first-order valence-corrected chi connectivity index (χ1v) is 9.07. The second-order valence-corrected chi connectivity index (χ2v) is 6.79. The summed E-state index contributed by atoms with van der Waals surface area (Å²) in [6, 6.07) is 15.0. The van der Waals surface area contributed by atoms with Gasteiger partial charge in [-0.1, -0.05) is 40.2 Å². The largest absolute Gasteiger partial charge is 0.452 e. The van der Waals surface area contributed by atoms with Gasteiger partial charge in [-0.2, -0.15) is 0 Å². The van der Waals surface area contributed by atoms with Crippen molar-refractivity contribution in [1.82, 2.24) is 4.98 Å². The molecular weight excluding hydrogens is 408 g/mol. The number of fused-ring (bicyclic) bond motifs is 1. The summed E-state index contributed by atoms with van der Waals surface area (Å²) in [4.78, 5) is 28.2. The maximum atomic E-state index is 12.0. The van der Waals surface area contributed by atoms with Gasteiger partial charge in [-0.3, -0.25) is 9.78 Å². The van der Waals surface area contributed by atoms with E-state index in [-0.39, 0.29) is 6.61 Å². The van der Waals surface area contributed by atoms with Gasteiger partial charge in [0.25, 0.3) is 5.91 Å². The Balaban J connectivity index is 1.57. The van der Waals surface area contributed by atoms with Gasteiger partial charge in [-0.15, -0.1) is 0 Å². The highest BCUT2D eigenvalue weighted by atomic mass is 79.9. The molecule has 3 rings (SSSR count). The number of hydrogen-bond acceptors (Lipinski definition) is 4. The van der Waals surface area contributed by atoms with E-state index in [1.54, 1.807) is 18.3 Å². The monoisotopic (exact) mass is 424 g/mol. The summed E-state index contributed by atoms with van der Waals surface area (Å²) < 4.78 is 5.93. The Bertz CT molecular complexity index is 1030. The molecule has 1 amide bonds. The molecule has 136 valence electrons. The van der Waals surface area contributed by atoms with Crippen LogP contribution in [-0.2, 0) is 14.3 Å². The summed E-state index contributed by atoms with van der Waals surface area (Å²) >= 11 is 3.37. The van der Waals surface area contributed by atoms with E-state index in [1.807, 2.05) is 49.4 Å². The molecular formula is C21H17BrN2O3. The fraction of sp³-hybridized carbons (Fsp3) is 0.0952. The maximum Gasteiger partial charge on any atom is 0.331 e. The lowest BCUT2D eigenvalue weighted by atomic mass is 10.1. The number of hydrogen-bond donors (Lipinski definition) is 1. The van der Waals surface area contributed by atoms with Crippen LogP contribution in [0.2, 0.25) is 0 Å². The molecule has 6 heteroatoms. The van der Waals surface area contributed by atoms with E-state index < -0.39 is 11.9 Å². The predicted molar refractivity (Wildman–Crippen MR) is 109 cm³/mol. The van der Waals surface area contributed by atoms with Gasteiger partial charge < -0.3 is 10.1 Å². The quantitative estimate of drug-likeness (QED) is 0.483. The van der Waals surface area contributed by atoms with Gasteiger partial charge in [0.2, 0.25) is 0 Å². The third-order valence-electron chi connectivity index (χ3n) is 3.87. The van der Waals surface area contributed by atoms with Gasteiger partial charge in [-0.25, -0.2) is 4.79 Å². The van der Waals surface area contributed by atoms with Crippen LogP contribution >= 0.6 is 15.9 Å². The molecule has 0 aliphatic carbocycles. The fourth-order valence-electron chi connectivity index (χ4n) is 2.56. The van der Waals surface area contributed by atoms with Crippen LogP contribution in [0.1, 0.15) is 11.1 Å². The van der Waals surface area contributed by atoms with Crippen molar-refractivity contribution in [3.8, 4) is 0 Å². The van der Waals surface area contributed by atoms with E-state index in [1.165, 1.54) is 6.08 Å². The van der Waals surface area contributed by atoms with Crippen LogP contribution in [0.15, 0.2) is 65.3 Å². The van der Waals surface area contributed by atoms with Crippen molar-refractivity contribution >= 4 is 50.5 Å². The van der Waals surface area contributed by atoms with Crippen LogP contribution in [0.25, 0.3) is 17.0 Å². The van der Waals surface area contributed by atoms with E-state index in [2.05, 4.69) is 26.2 Å². The van der Waals surface area contributed by atoms with Gasteiger partial charge in [-0.05, 0) is 42.8 Å². The first-order chi connectivity index (χ1) is 13.0. The SMILES string of the molecule is Cc1cc(Br)ccc1NC(=O)COC(=O)/C=C/c1cccc2cccnc12. The number of aromatic nitrogens is 1. The lowest BCUT2D eigenvalue weighted by molar-refractivity contribution is -0.142. The molecule has 0 unspecified atom stereocenters. The Morgan fingerprint density at radius 3 is 2.81 bits per heavy atom. The second kappa shape index (κ2) is 8.60. The molecule has 2 aromatic carbocycles. The zero-order valence-electron chi connectivity index (χ0n) is 14.6. The molecule has 0 atom stereocenters. The van der Waals surface area contributed by atoms with Crippen LogP contribution < -0.4 is 5.32 Å². The zero-order valence-corrected chi connectivity index (χ0v) is 16.2. The summed E-state index contributed by atoms with van der Waals surface area (Å²) in [7, 11) is 0. The predicted octanol–water partition coefficient (Wildman–Crippen LogP) is 4.50. The number of carbonyl (C=O) groups excluding carboxylic acids is 2. The molecule has 1 heterocycles. The average Bonchev–Trinajstić information content (AvgIpc) is 2.67. The smallest absolute Gasteiger partial charge is 0.331 e. The molecule has 1 aromatic heterocycles. The van der Waals surface area contributed by atoms with E-state index in [9.17, 15) is 9.59 Å². The first kappa shape index (κ1) is 18.8. The number of nitrogens with one attached hydrogen (secondary N) is 1. The number of pyridine rings is 1. The topological polar surface area (TPSA) is 68.3 Å². The van der Waals surface area contributed by atoms with Crippen LogP contribution in [0.5, 0.6) is 0 Å². The molecule has 0 fully saturated rings. The summed E-state index contributed by atoms with van der Waals surface area (Å²) in [6.45, 7) is 1.53. The van der Waals surface area contributed by atoms with Crippen molar-refractivity contribution in [3.05, 3.63) is 76.4 Å². The van der Waals surface area contributed by atoms with Gasteiger partial charge in [0.15, 0.2) is 6.61 Å². The van der Waals surface area contributed by atoms with E-state index in [0.717, 1.165) is 26.5 Å². The summed E-state index contributed by atoms with van der Waals surface area (Å²) in [6.07, 6.45) is 4.63. The summed E-state index contributed by atoms with van der Waals surface area (Å²) in [5.74, 6) is -0.986. The highest BCUT2D eigenvalue weighted by molar-refractivity contribution is 9.10. The van der Waals surface area contributed by atoms with E-state index >= 15 is 0 Å². The van der Waals surface area contributed by atoms with Crippen molar-refractivity contribution < 1.29 is 14.3 Å². The third kappa shape index (κ3) is 5.01. The first-order valence-electron chi connectivity index (χ1n) is 8.27. The minimum Gasteiger partial charge on any atom is -0.452 e. The number of nitrogens with zero attached hydrogens (tertiary/aromatic N) is 1. The molecule has 0 spiro atoms. The van der Waals surface area contributed by atoms with Crippen LogP contribution in [0, 0.1) is 6.92 Å². The molecule has 0 saturated carbocycles. The number of ether oxygens (including phenoxy) is 1. The number of anilines is 1. The van der Waals surface area contributed by atoms with Gasteiger partial charge in [0.1, 0.15) is 0 Å². The maximum absolute atomic E-state index is 12.0. The van der Waals surface area contributed by atoms with Gasteiger partial charge in [0, 0.05) is 33.4 Å². The normalized spacial score (nSPS) is 10.9. The van der Waals surface area contributed by atoms with Crippen molar-refractivity contribution in [3.63, 3.8) is 0 Å². The number of para-hydroxylation sites is 1. The summed E-state index contributed by atoms with van der Waals surface area (Å²) in [5.41, 5.74) is 3.19. The van der Waals surface area contributed by atoms with Gasteiger partial charge in [0.05, 0.1) is 5.52 Å². The minimum atomic E-state index is -0.592. The molecule has 3 aromatic rings. The molecule has 1 N–H and O–H groups in total. The summed E-state index contributed by atoms with van der Waals surface area (Å²) in [5, 5.41) is 3.70. The molecule has 0 aliphatic rings. The van der Waals surface area contributed by atoms with E-state index in [0.29, 0.717) is 5.69 Å². The molecule has 0 aliphatic heterocycles. The number of amides is 1. The van der Waals surface area contributed by atoms with Crippen LogP contribution in [-0.4, -0.2) is 23.5 Å². The lowest BCUT2D eigenvalue weighted by Crippen LogP contribution is -2.20. The van der Waals surface area contributed by atoms with Gasteiger partial charge >= 0.3 is 5.97 Å². The zero-order chi connectivity index (χ0) is 19.2. The lowest BCUT2D eigenvalue weighted by Gasteiger charge is -2.08. The number of carbonyl (C=O) groups is 2. The molecule has 0 saturated heterocycles. The Morgan fingerprint density at radius 2 is 2.00 bits per heavy atom. The van der Waals surface area contributed by atoms with Crippen molar-refractivity contribution in [2.75, 3.05) is 11.9 Å². The van der Waals surface area contributed by atoms with Crippen molar-refractivity contribution in [2.45, 2.75) is 6.92 Å². The van der Waals surface area contributed by atoms with Crippen LogP contribution in [0.3, 0.4) is 0 Å². The molecule has 0 radical (unpaired) electrons. The average molecular weight is 425 g/mol. The Morgan fingerprint density at radius 1 is 1.19 bits per heavy atom. The van der Waals surface area contributed by atoms with Crippen molar-refractivity contribution in [2.24, 2.45) is 0 Å².